The van der Waals surface area contributed by atoms with E-state index in [2.05, 4.69) is 32.3 Å². The van der Waals surface area contributed by atoms with E-state index in [4.69, 9.17) is 0 Å². The summed E-state index contributed by atoms with van der Waals surface area (Å²) < 4.78 is 0. The summed E-state index contributed by atoms with van der Waals surface area (Å²) in [6.45, 7) is 13.9. The Hall–Kier alpha value is -0.300. The van der Waals surface area contributed by atoms with Gasteiger partial charge in [0, 0.05) is 12.1 Å². The number of hydrogen-bond donors (Lipinski definition) is 0. The average molecular weight is 179 g/mol. The lowest BCUT2D eigenvalue weighted by Gasteiger charge is -2.45. The van der Waals surface area contributed by atoms with E-state index in [1.165, 1.54) is 37.9 Å². The van der Waals surface area contributed by atoms with Crippen LogP contribution in [-0.2, 0) is 0 Å². The molecule has 0 spiro atoms. The van der Waals surface area contributed by atoms with Gasteiger partial charge in [-0.15, -0.1) is 0 Å². The molecule has 1 atom stereocenters. The van der Waals surface area contributed by atoms with Crippen molar-refractivity contribution in [2.75, 3.05) is 13.1 Å². The maximum absolute atomic E-state index is 4.29. The normalized spacial score (nSPS) is 35.5. The standard InChI is InChI=1S/C12H21N/c1-10-6-9-13-8-5-7-12(10,13)11(2,3)4/h1,5-9H2,2-4H3. The van der Waals surface area contributed by atoms with Gasteiger partial charge in [-0.05, 0) is 31.2 Å². The Balaban J connectivity index is 2.41. The lowest BCUT2D eigenvalue weighted by molar-refractivity contribution is 0.0930. The maximum atomic E-state index is 4.29. The number of fused-ring (bicyclic) bond motifs is 1. The fourth-order valence-electron chi connectivity index (χ4n) is 3.43. The second kappa shape index (κ2) is 2.60. The van der Waals surface area contributed by atoms with E-state index in [0.29, 0.717) is 11.0 Å². The van der Waals surface area contributed by atoms with E-state index in [9.17, 15) is 0 Å². The van der Waals surface area contributed by atoms with Gasteiger partial charge in [0.2, 0.25) is 0 Å². The molecule has 1 unspecified atom stereocenters. The highest BCUT2D eigenvalue weighted by Crippen LogP contribution is 2.52. The Labute approximate surface area is 81.8 Å². The zero-order chi connectivity index (χ0) is 9.69. The maximum Gasteiger partial charge on any atom is 0.0467 e. The van der Waals surface area contributed by atoms with Gasteiger partial charge >= 0.3 is 0 Å². The summed E-state index contributed by atoms with van der Waals surface area (Å²) in [7, 11) is 0. The highest BCUT2D eigenvalue weighted by atomic mass is 15.3. The van der Waals surface area contributed by atoms with E-state index in [1.807, 2.05) is 0 Å². The summed E-state index contributed by atoms with van der Waals surface area (Å²) >= 11 is 0. The fourth-order valence-corrected chi connectivity index (χ4v) is 3.43. The summed E-state index contributed by atoms with van der Waals surface area (Å²) in [4.78, 5) is 2.66. The van der Waals surface area contributed by atoms with E-state index in [1.54, 1.807) is 0 Å². The molecule has 0 aromatic heterocycles. The Bertz CT molecular complexity index is 236. The van der Waals surface area contributed by atoms with Crippen LogP contribution in [0.15, 0.2) is 12.2 Å². The molecule has 2 saturated heterocycles. The average Bonchev–Trinajstić information content (AvgIpc) is 2.50. The molecule has 0 radical (unpaired) electrons. The lowest BCUT2D eigenvalue weighted by atomic mass is 9.69. The summed E-state index contributed by atoms with van der Waals surface area (Å²) in [5.41, 5.74) is 2.18. The highest BCUT2D eigenvalue weighted by molar-refractivity contribution is 5.28. The van der Waals surface area contributed by atoms with Gasteiger partial charge in [0.15, 0.2) is 0 Å². The molecular formula is C12H21N. The van der Waals surface area contributed by atoms with Gasteiger partial charge in [0.1, 0.15) is 0 Å². The van der Waals surface area contributed by atoms with Crippen molar-refractivity contribution in [3.05, 3.63) is 12.2 Å². The van der Waals surface area contributed by atoms with Crippen LogP contribution in [0.4, 0.5) is 0 Å². The van der Waals surface area contributed by atoms with Crippen LogP contribution in [0.3, 0.4) is 0 Å². The minimum absolute atomic E-state index is 0.340. The first-order chi connectivity index (χ1) is 5.98. The Morgan fingerprint density at radius 3 is 2.54 bits per heavy atom. The van der Waals surface area contributed by atoms with Crippen molar-refractivity contribution < 1.29 is 0 Å². The van der Waals surface area contributed by atoms with Gasteiger partial charge in [-0.2, -0.15) is 0 Å². The van der Waals surface area contributed by atoms with Gasteiger partial charge in [0.25, 0.3) is 0 Å². The van der Waals surface area contributed by atoms with Crippen LogP contribution in [0.1, 0.15) is 40.0 Å². The van der Waals surface area contributed by atoms with Crippen molar-refractivity contribution in [2.45, 2.75) is 45.6 Å². The first-order valence-corrected chi connectivity index (χ1v) is 5.42. The Morgan fingerprint density at radius 1 is 1.31 bits per heavy atom. The Kier molecular flexibility index (Phi) is 1.85. The smallest absolute Gasteiger partial charge is 0.0467 e. The molecule has 2 heterocycles. The van der Waals surface area contributed by atoms with E-state index >= 15 is 0 Å². The van der Waals surface area contributed by atoms with Crippen molar-refractivity contribution in [1.29, 1.82) is 0 Å². The molecule has 2 aliphatic heterocycles. The number of rotatable bonds is 0. The molecule has 2 rings (SSSR count). The topological polar surface area (TPSA) is 3.24 Å². The van der Waals surface area contributed by atoms with E-state index < -0.39 is 0 Å². The van der Waals surface area contributed by atoms with Gasteiger partial charge in [-0.25, -0.2) is 0 Å². The molecular weight excluding hydrogens is 158 g/mol. The fraction of sp³-hybridized carbons (Fsp3) is 0.833. The third-order valence-electron chi connectivity index (χ3n) is 4.02. The molecule has 2 fully saturated rings. The number of hydrogen-bond acceptors (Lipinski definition) is 1. The third kappa shape index (κ3) is 1.03. The minimum Gasteiger partial charge on any atom is -0.293 e. The van der Waals surface area contributed by atoms with Crippen LogP contribution in [0.25, 0.3) is 0 Å². The van der Waals surface area contributed by atoms with Crippen molar-refractivity contribution in [3.8, 4) is 0 Å². The molecule has 0 N–H and O–H groups in total. The molecule has 0 amide bonds. The van der Waals surface area contributed by atoms with Crippen LogP contribution in [0.5, 0.6) is 0 Å². The van der Waals surface area contributed by atoms with Crippen LogP contribution in [0.2, 0.25) is 0 Å². The van der Waals surface area contributed by atoms with Gasteiger partial charge in [-0.3, -0.25) is 4.90 Å². The SMILES string of the molecule is C=C1CCN2CCCC12C(C)(C)C. The van der Waals surface area contributed by atoms with Crippen molar-refractivity contribution in [1.82, 2.24) is 4.90 Å². The number of nitrogens with zero attached hydrogens (tertiary/aromatic N) is 1. The Morgan fingerprint density at radius 2 is 2.00 bits per heavy atom. The molecule has 0 aliphatic carbocycles. The predicted molar refractivity (Wildman–Crippen MR) is 56.8 cm³/mol. The van der Waals surface area contributed by atoms with Gasteiger partial charge in [-0.1, -0.05) is 32.9 Å². The second-order valence-corrected chi connectivity index (χ2v) is 5.55. The predicted octanol–water partition coefficient (Wildman–Crippen LogP) is 2.83. The first-order valence-electron chi connectivity index (χ1n) is 5.42. The monoisotopic (exact) mass is 179 g/mol. The van der Waals surface area contributed by atoms with Gasteiger partial charge < -0.3 is 0 Å². The molecule has 74 valence electrons. The molecule has 2 aliphatic rings. The van der Waals surface area contributed by atoms with Crippen molar-refractivity contribution in [2.24, 2.45) is 5.41 Å². The molecule has 0 bridgehead atoms. The van der Waals surface area contributed by atoms with Crippen LogP contribution in [-0.4, -0.2) is 23.5 Å². The molecule has 0 saturated carbocycles. The summed E-state index contributed by atoms with van der Waals surface area (Å²) in [5, 5.41) is 0. The quantitative estimate of drug-likeness (QED) is 0.517. The largest absolute Gasteiger partial charge is 0.293 e. The summed E-state index contributed by atoms with van der Waals surface area (Å²) in [5.74, 6) is 0. The first kappa shape index (κ1) is 9.26. The molecule has 0 aromatic rings. The highest BCUT2D eigenvalue weighted by Gasteiger charge is 2.53. The molecule has 1 nitrogen and oxygen atoms in total. The molecule has 1 heteroatoms. The van der Waals surface area contributed by atoms with Crippen molar-refractivity contribution >= 4 is 0 Å². The zero-order valence-electron chi connectivity index (χ0n) is 9.19. The second-order valence-electron chi connectivity index (χ2n) is 5.55. The summed E-state index contributed by atoms with van der Waals surface area (Å²) in [6.07, 6.45) is 3.91. The van der Waals surface area contributed by atoms with Crippen LogP contribution >= 0.6 is 0 Å². The lowest BCUT2D eigenvalue weighted by Crippen LogP contribution is -2.49. The summed E-state index contributed by atoms with van der Waals surface area (Å²) in [6, 6.07) is 0. The van der Waals surface area contributed by atoms with Gasteiger partial charge in [0.05, 0.1) is 0 Å². The minimum atomic E-state index is 0.340. The molecule has 13 heavy (non-hydrogen) atoms. The van der Waals surface area contributed by atoms with E-state index in [-0.39, 0.29) is 0 Å². The van der Waals surface area contributed by atoms with Crippen LogP contribution in [0, 0.1) is 5.41 Å². The molecule has 0 aromatic carbocycles. The third-order valence-corrected chi connectivity index (χ3v) is 4.02. The van der Waals surface area contributed by atoms with Crippen molar-refractivity contribution in [3.63, 3.8) is 0 Å². The van der Waals surface area contributed by atoms with E-state index in [0.717, 1.165) is 0 Å². The zero-order valence-corrected chi connectivity index (χ0v) is 9.19. The van der Waals surface area contributed by atoms with Crippen LogP contribution < -0.4 is 0 Å².